The lowest BCUT2D eigenvalue weighted by Gasteiger charge is -2.07. The number of nitrogens with one attached hydrogen (secondary N) is 2. The Morgan fingerprint density at radius 3 is 3.15 bits per heavy atom. The van der Waals surface area contributed by atoms with Gasteiger partial charge >= 0.3 is 0 Å². The van der Waals surface area contributed by atoms with E-state index in [0.29, 0.717) is 17.1 Å². The summed E-state index contributed by atoms with van der Waals surface area (Å²) in [4.78, 5) is 19.0. The number of methoxy groups -OCH3 is 1. The smallest absolute Gasteiger partial charge is 0.268 e. The lowest BCUT2D eigenvalue weighted by Crippen LogP contribution is -2.13. The highest BCUT2D eigenvalue weighted by Gasteiger charge is 2.04. The van der Waals surface area contributed by atoms with Crippen LogP contribution in [0.4, 0.5) is 5.69 Å². The molecule has 1 aromatic carbocycles. The van der Waals surface area contributed by atoms with Gasteiger partial charge in [-0.2, -0.15) is 0 Å². The molecule has 0 saturated carbocycles. The third-order valence-corrected chi connectivity index (χ3v) is 3.80. The Kier molecular flexibility index (Phi) is 3.39. The summed E-state index contributed by atoms with van der Waals surface area (Å²) in [5, 5.41) is 5.08. The summed E-state index contributed by atoms with van der Waals surface area (Å²) >= 11 is 1.40. The highest BCUT2D eigenvalue weighted by atomic mass is 32.1. The van der Waals surface area contributed by atoms with Crippen LogP contribution >= 0.6 is 11.3 Å². The van der Waals surface area contributed by atoms with Crippen molar-refractivity contribution >= 4 is 27.2 Å². The summed E-state index contributed by atoms with van der Waals surface area (Å²) < 4.78 is 5.82. The van der Waals surface area contributed by atoms with Crippen molar-refractivity contribution in [2.24, 2.45) is 0 Å². The third kappa shape index (κ3) is 2.50. The fraction of sp³-hybridized carbons (Fsp3) is 0.143. The molecule has 102 valence electrons. The summed E-state index contributed by atoms with van der Waals surface area (Å²) in [7, 11) is 1.63. The molecule has 2 heterocycles. The van der Waals surface area contributed by atoms with Gasteiger partial charge in [-0.15, -0.1) is 11.3 Å². The molecular weight excluding hydrogens is 274 g/mol. The van der Waals surface area contributed by atoms with Crippen molar-refractivity contribution in [3.8, 4) is 5.75 Å². The van der Waals surface area contributed by atoms with Crippen molar-refractivity contribution < 1.29 is 4.74 Å². The van der Waals surface area contributed by atoms with Crippen LogP contribution in [0.1, 0.15) is 5.82 Å². The number of benzene rings is 1. The molecule has 2 N–H and O–H groups in total. The molecular formula is C14H13N3O2S. The molecule has 0 saturated heterocycles. The van der Waals surface area contributed by atoms with Gasteiger partial charge in [0.05, 0.1) is 19.2 Å². The normalized spacial score (nSPS) is 10.7. The maximum atomic E-state index is 11.8. The summed E-state index contributed by atoms with van der Waals surface area (Å²) in [6.07, 6.45) is 0. The molecule has 0 radical (unpaired) electrons. The number of ether oxygens (including phenoxy) is 1. The minimum Gasteiger partial charge on any atom is -0.497 e. The van der Waals surface area contributed by atoms with Gasteiger partial charge in [0.1, 0.15) is 16.3 Å². The largest absolute Gasteiger partial charge is 0.497 e. The average molecular weight is 287 g/mol. The topological polar surface area (TPSA) is 67.0 Å². The van der Waals surface area contributed by atoms with Gasteiger partial charge in [-0.25, -0.2) is 4.98 Å². The molecule has 0 unspecified atom stereocenters. The van der Waals surface area contributed by atoms with E-state index in [4.69, 9.17) is 4.74 Å². The zero-order chi connectivity index (χ0) is 13.9. The van der Waals surface area contributed by atoms with Crippen molar-refractivity contribution in [2.75, 3.05) is 12.4 Å². The maximum Gasteiger partial charge on any atom is 0.268 e. The van der Waals surface area contributed by atoms with Gasteiger partial charge in [-0.1, -0.05) is 6.07 Å². The van der Waals surface area contributed by atoms with Gasteiger partial charge in [0.15, 0.2) is 0 Å². The second-order valence-corrected chi connectivity index (χ2v) is 5.15. The molecule has 3 aromatic rings. The molecule has 0 aliphatic rings. The van der Waals surface area contributed by atoms with Gasteiger partial charge in [0.2, 0.25) is 0 Å². The van der Waals surface area contributed by atoms with Crippen molar-refractivity contribution in [1.29, 1.82) is 0 Å². The van der Waals surface area contributed by atoms with Crippen LogP contribution in [-0.4, -0.2) is 17.1 Å². The number of anilines is 1. The minimum absolute atomic E-state index is 0.0903. The van der Waals surface area contributed by atoms with Gasteiger partial charge in [-0.05, 0) is 23.6 Å². The Labute approximate surface area is 119 Å². The molecule has 0 atom stereocenters. The molecule has 2 aromatic heterocycles. The van der Waals surface area contributed by atoms with Crippen LogP contribution < -0.4 is 15.6 Å². The molecule has 0 aliphatic carbocycles. The zero-order valence-electron chi connectivity index (χ0n) is 10.8. The second kappa shape index (κ2) is 5.34. The van der Waals surface area contributed by atoms with E-state index >= 15 is 0 Å². The van der Waals surface area contributed by atoms with Crippen LogP contribution in [0, 0.1) is 0 Å². The standard InChI is InChI=1S/C14H13N3O2S/c1-19-10-4-2-3-9(7-10)15-8-12-16-11-5-6-20-13(11)14(18)17-12/h2-7,15H,8H2,1H3,(H,16,17,18). The molecule has 0 spiro atoms. The van der Waals surface area contributed by atoms with E-state index in [1.807, 2.05) is 35.7 Å². The second-order valence-electron chi connectivity index (χ2n) is 4.23. The van der Waals surface area contributed by atoms with Crippen LogP contribution in [0.25, 0.3) is 10.2 Å². The predicted octanol–water partition coefficient (Wildman–Crippen LogP) is 2.61. The molecule has 0 amide bonds. The quantitative estimate of drug-likeness (QED) is 0.774. The number of aromatic nitrogens is 2. The molecule has 20 heavy (non-hydrogen) atoms. The summed E-state index contributed by atoms with van der Waals surface area (Å²) in [5.74, 6) is 1.40. The summed E-state index contributed by atoms with van der Waals surface area (Å²) in [6, 6.07) is 9.46. The highest BCUT2D eigenvalue weighted by molar-refractivity contribution is 7.17. The average Bonchev–Trinajstić information content (AvgIpc) is 2.94. The number of thiophene rings is 1. The van der Waals surface area contributed by atoms with Gasteiger partial charge in [-0.3, -0.25) is 4.79 Å². The Morgan fingerprint density at radius 1 is 1.40 bits per heavy atom. The Morgan fingerprint density at radius 2 is 2.30 bits per heavy atom. The predicted molar refractivity (Wildman–Crippen MR) is 80.6 cm³/mol. The van der Waals surface area contributed by atoms with E-state index in [2.05, 4.69) is 15.3 Å². The summed E-state index contributed by atoms with van der Waals surface area (Å²) in [6.45, 7) is 0.453. The number of fused-ring (bicyclic) bond motifs is 1. The van der Waals surface area contributed by atoms with Crippen molar-refractivity contribution in [1.82, 2.24) is 9.97 Å². The Bertz CT molecular complexity index is 794. The maximum absolute atomic E-state index is 11.8. The summed E-state index contributed by atoms with van der Waals surface area (Å²) in [5.41, 5.74) is 1.56. The number of rotatable bonds is 4. The molecule has 0 bridgehead atoms. The van der Waals surface area contributed by atoms with E-state index in [-0.39, 0.29) is 5.56 Å². The van der Waals surface area contributed by atoms with Gasteiger partial charge < -0.3 is 15.0 Å². The molecule has 6 heteroatoms. The zero-order valence-corrected chi connectivity index (χ0v) is 11.7. The highest BCUT2D eigenvalue weighted by Crippen LogP contribution is 2.17. The molecule has 0 aliphatic heterocycles. The SMILES string of the molecule is COc1cccc(NCc2nc3ccsc3c(=O)[nH]2)c1. The fourth-order valence-electron chi connectivity index (χ4n) is 1.92. The van der Waals surface area contributed by atoms with Crippen LogP contribution in [0.15, 0.2) is 40.5 Å². The number of nitrogens with zero attached hydrogens (tertiary/aromatic N) is 1. The monoisotopic (exact) mass is 287 g/mol. The first-order chi connectivity index (χ1) is 9.76. The fourth-order valence-corrected chi connectivity index (χ4v) is 2.65. The first kappa shape index (κ1) is 12.7. The lowest BCUT2D eigenvalue weighted by atomic mass is 10.3. The Hall–Kier alpha value is -2.34. The Balaban J connectivity index is 1.80. The first-order valence-electron chi connectivity index (χ1n) is 6.10. The van der Waals surface area contributed by atoms with Crippen LogP contribution in [0.5, 0.6) is 5.75 Å². The number of H-pyrrole nitrogens is 1. The molecule has 5 nitrogen and oxygen atoms in total. The number of hydrogen-bond donors (Lipinski definition) is 2. The van der Waals surface area contributed by atoms with Crippen molar-refractivity contribution in [3.05, 3.63) is 51.9 Å². The van der Waals surface area contributed by atoms with E-state index in [0.717, 1.165) is 17.0 Å². The van der Waals surface area contributed by atoms with E-state index in [1.54, 1.807) is 7.11 Å². The van der Waals surface area contributed by atoms with Gasteiger partial charge in [0, 0.05) is 11.8 Å². The van der Waals surface area contributed by atoms with Crippen molar-refractivity contribution in [2.45, 2.75) is 6.54 Å². The van der Waals surface area contributed by atoms with Gasteiger partial charge in [0.25, 0.3) is 5.56 Å². The van der Waals surface area contributed by atoms with E-state index < -0.39 is 0 Å². The van der Waals surface area contributed by atoms with Crippen molar-refractivity contribution in [3.63, 3.8) is 0 Å². The van der Waals surface area contributed by atoms with Crippen LogP contribution in [0.3, 0.4) is 0 Å². The minimum atomic E-state index is -0.0903. The molecule has 0 fully saturated rings. The number of hydrogen-bond acceptors (Lipinski definition) is 5. The lowest BCUT2D eigenvalue weighted by molar-refractivity contribution is 0.415. The van der Waals surface area contributed by atoms with Crippen LogP contribution in [-0.2, 0) is 6.54 Å². The number of aromatic amines is 1. The van der Waals surface area contributed by atoms with E-state index in [1.165, 1.54) is 11.3 Å². The van der Waals surface area contributed by atoms with Crippen LogP contribution in [0.2, 0.25) is 0 Å². The first-order valence-corrected chi connectivity index (χ1v) is 6.98. The third-order valence-electron chi connectivity index (χ3n) is 2.89. The molecule has 3 rings (SSSR count). The van der Waals surface area contributed by atoms with E-state index in [9.17, 15) is 4.79 Å².